The summed E-state index contributed by atoms with van der Waals surface area (Å²) in [6, 6.07) is 17.2. The van der Waals surface area contributed by atoms with Gasteiger partial charge in [0.25, 0.3) is 0 Å². The molecular weight excluding hydrogens is 520 g/mol. The molecule has 0 unspecified atom stereocenters. The molecule has 2 aromatic carbocycles. The Morgan fingerprint density at radius 2 is 1.39 bits per heavy atom. The first kappa shape index (κ1) is 32.0. The SMILES string of the molecule is CC(C)C[C@@H](CC(=O)[C@H](CC(C)C)NC(=O)OCc1ccccc1)C(=O)N[C@@H](Cc1ccccc1)C(=O)[C@@]1(C)CO1. The van der Waals surface area contributed by atoms with Gasteiger partial charge in [0.15, 0.2) is 11.6 Å². The van der Waals surface area contributed by atoms with Crippen LogP contribution in [0.15, 0.2) is 60.7 Å². The van der Waals surface area contributed by atoms with Crippen molar-refractivity contribution in [3.63, 3.8) is 0 Å². The number of carbonyl (C=O) groups is 4. The molecule has 2 aromatic rings. The lowest BCUT2D eigenvalue weighted by molar-refractivity contribution is -0.134. The normalized spacial score (nSPS) is 18.3. The smallest absolute Gasteiger partial charge is 0.408 e. The van der Waals surface area contributed by atoms with Gasteiger partial charge in [0.2, 0.25) is 5.91 Å². The minimum absolute atomic E-state index is 0.0552. The number of ether oxygens (including phenoxy) is 2. The monoisotopic (exact) mass is 564 g/mol. The average molecular weight is 565 g/mol. The van der Waals surface area contributed by atoms with Crippen LogP contribution in [-0.4, -0.2) is 47.9 Å². The van der Waals surface area contributed by atoms with Gasteiger partial charge in [0, 0.05) is 12.3 Å². The first-order valence-electron chi connectivity index (χ1n) is 14.5. The summed E-state index contributed by atoms with van der Waals surface area (Å²) in [7, 11) is 0. The fraction of sp³-hybridized carbons (Fsp3) is 0.515. The lowest BCUT2D eigenvalue weighted by atomic mass is 9.87. The maximum Gasteiger partial charge on any atom is 0.408 e. The van der Waals surface area contributed by atoms with Gasteiger partial charge in [-0.3, -0.25) is 14.4 Å². The van der Waals surface area contributed by atoms with Crippen molar-refractivity contribution in [1.82, 2.24) is 10.6 Å². The summed E-state index contributed by atoms with van der Waals surface area (Å²) < 4.78 is 10.7. The molecule has 1 saturated heterocycles. The molecule has 0 bridgehead atoms. The van der Waals surface area contributed by atoms with E-state index < -0.39 is 29.7 Å². The van der Waals surface area contributed by atoms with E-state index in [1.54, 1.807) is 6.92 Å². The number of rotatable bonds is 16. The zero-order valence-corrected chi connectivity index (χ0v) is 24.9. The maximum absolute atomic E-state index is 13.6. The van der Waals surface area contributed by atoms with Crippen LogP contribution >= 0.6 is 0 Å². The van der Waals surface area contributed by atoms with Gasteiger partial charge in [-0.1, -0.05) is 88.4 Å². The number of nitrogens with one attached hydrogen (secondary N) is 2. The predicted molar refractivity (Wildman–Crippen MR) is 157 cm³/mol. The van der Waals surface area contributed by atoms with Crippen LogP contribution in [0.1, 0.15) is 65.0 Å². The van der Waals surface area contributed by atoms with Crippen LogP contribution in [0.25, 0.3) is 0 Å². The van der Waals surface area contributed by atoms with E-state index in [9.17, 15) is 19.2 Å². The second-order valence-electron chi connectivity index (χ2n) is 12.0. The summed E-state index contributed by atoms with van der Waals surface area (Å²) in [5.41, 5.74) is 0.859. The quantitative estimate of drug-likeness (QED) is 0.276. The molecule has 0 aliphatic carbocycles. The number of benzene rings is 2. The number of epoxide rings is 1. The van der Waals surface area contributed by atoms with E-state index in [1.165, 1.54) is 0 Å². The number of Topliss-reactive ketones (excluding diaryl/α,β-unsaturated/α-hetero) is 2. The fourth-order valence-electron chi connectivity index (χ4n) is 4.85. The summed E-state index contributed by atoms with van der Waals surface area (Å²) in [5.74, 6) is -1.15. The van der Waals surface area contributed by atoms with Crippen LogP contribution in [0, 0.1) is 17.8 Å². The Morgan fingerprint density at radius 1 is 0.829 bits per heavy atom. The largest absolute Gasteiger partial charge is 0.445 e. The third kappa shape index (κ3) is 10.4. The van der Waals surface area contributed by atoms with Gasteiger partial charge in [-0.05, 0) is 49.1 Å². The molecule has 1 aliphatic rings. The first-order chi connectivity index (χ1) is 19.5. The van der Waals surface area contributed by atoms with Crippen LogP contribution in [0.4, 0.5) is 4.79 Å². The highest BCUT2D eigenvalue weighted by Gasteiger charge is 2.50. The summed E-state index contributed by atoms with van der Waals surface area (Å²) in [4.78, 5) is 53.0. The molecule has 8 nitrogen and oxygen atoms in total. The van der Waals surface area contributed by atoms with E-state index in [2.05, 4.69) is 10.6 Å². The van der Waals surface area contributed by atoms with Gasteiger partial charge >= 0.3 is 6.09 Å². The zero-order valence-electron chi connectivity index (χ0n) is 24.9. The first-order valence-corrected chi connectivity index (χ1v) is 14.5. The van der Waals surface area contributed by atoms with Crippen molar-refractivity contribution in [2.75, 3.05) is 6.61 Å². The second-order valence-corrected chi connectivity index (χ2v) is 12.0. The van der Waals surface area contributed by atoms with Crippen LogP contribution in [0.2, 0.25) is 0 Å². The Morgan fingerprint density at radius 3 is 1.93 bits per heavy atom. The summed E-state index contributed by atoms with van der Waals surface area (Å²) in [5, 5.41) is 5.67. The summed E-state index contributed by atoms with van der Waals surface area (Å²) >= 11 is 0. The highest BCUT2D eigenvalue weighted by atomic mass is 16.6. The Labute approximate surface area is 243 Å². The van der Waals surface area contributed by atoms with Crippen molar-refractivity contribution >= 4 is 23.6 Å². The van der Waals surface area contributed by atoms with Gasteiger partial charge in [0.05, 0.1) is 18.7 Å². The van der Waals surface area contributed by atoms with Gasteiger partial charge in [-0.25, -0.2) is 4.79 Å². The molecule has 8 heteroatoms. The van der Waals surface area contributed by atoms with E-state index in [1.807, 2.05) is 88.4 Å². The number of ketones is 2. The molecule has 1 aliphatic heterocycles. The molecule has 0 aromatic heterocycles. The highest BCUT2D eigenvalue weighted by Crippen LogP contribution is 2.29. The minimum Gasteiger partial charge on any atom is -0.445 e. The number of alkyl carbamates (subject to hydrolysis) is 1. The molecule has 0 radical (unpaired) electrons. The Bertz CT molecular complexity index is 1160. The third-order valence-corrected chi connectivity index (χ3v) is 7.19. The molecular formula is C33H44N2O6. The fourth-order valence-corrected chi connectivity index (χ4v) is 4.85. The molecule has 1 fully saturated rings. The van der Waals surface area contributed by atoms with E-state index in [0.29, 0.717) is 25.9 Å². The number of hydrogen-bond donors (Lipinski definition) is 2. The van der Waals surface area contributed by atoms with Crippen molar-refractivity contribution in [1.29, 1.82) is 0 Å². The lowest BCUT2D eigenvalue weighted by Crippen LogP contribution is -2.50. The molecule has 3 rings (SSSR count). The van der Waals surface area contributed by atoms with Crippen molar-refractivity contribution in [3.05, 3.63) is 71.8 Å². The number of hydrogen-bond acceptors (Lipinski definition) is 6. The maximum atomic E-state index is 13.6. The van der Waals surface area contributed by atoms with Gasteiger partial charge in [-0.15, -0.1) is 0 Å². The predicted octanol–water partition coefficient (Wildman–Crippen LogP) is 5.03. The standard InChI is InChI=1S/C33H44N2O6/c1-22(2)16-26(31(38)34-28(30(37)33(5)21-41-33)18-24-12-8-6-9-13-24)19-29(36)27(17-23(3)4)35-32(39)40-20-25-14-10-7-11-15-25/h6-15,22-23,26-28H,16-21H2,1-5H3,(H,34,38)(H,35,39)/t26-,27-,28-,33+/m0/s1. The van der Waals surface area contributed by atoms with Crippen molar-refractivity contribution in [3.8, 4) is 0 Å². The van der Waals surface area contributed by atoms with Crippen LogP contribution in [0.5, 0.6) is 0 Å². The molecule has 2 N–H and O–H groups in total. The second kappa shape index (κ2) is 14.9. The lowest BCUT2D eigenvalue weighted by Gasteiger charge is -2.26. The van der Waals surface area contributed by atoms with Crippen LogP contribution in [-0.2, 0) is 36.9 Å². The molecule has 1 heterocycles. The Kier molecular flexibility index (Phi) is 11.6. The molecule has 41 heavy (non-hydrogen) atoms. The van der Waals surface area contributed by atoms with Gasteiger partial charge in [-0.2, -0.15) is 0 Å². The third-order valence-electron chi connectivity index (χ3n) is 7.19. The highest BCUT2D eigenvalue weighted by molar-refractivity contribution is 5.98. The Hall–Kier alpha value is -3.52. The van der Waals surface area contributed by atoms with Crippen LogP contribution in [0.3, 0.4) is 0 Å². The molecule has 4 atom stereocenters. The molecule has 222 valence electrons. The number of amides is 2. The van der Waals surface area contributed by atoms with Crippen molar-refractivity contribution in [2.45, 2.75) is 84.6 Å². The molecule has 2 amide bonds. The molecule has 0 spiro atoms. The van der Waals surface area contributed by atoms with Gasteiger partial charge < -0.3 is 20.1 Å². The number of carbonyl (C=O) groups excluding carboxylic acids is 4. The van der Waals surface area contributed by atoms with Crippen LogP contribution < -0.4 is 10.6 Å². The Balaban J connectivity index is 1.70. The molecule has 0 saturated carbocycles. The van der Waals surface area contributed by atoms with Crippen molar-refractivity contribution in [2.24, 2.45) is 17.8 Å². The topological polar surface area (TPSA) is 114 Å². The average Bonchev–Trinajstić information content (AvgIpc) is 3.69. The van der Waals surface area contributed by atoms with Gasteiger partial charge in [0.1, 0.15) is 12.2 Å². The van der Waals surface area contributed by atoms with E-state index in [-0.39, 0.29) is 42.3 Å². The zero-order chi connectivity index (χ0) is 30.0. The van der Waals surface area contributed by atoms with E-state index in [0.717, 1.165) is 11.1 Å². The van der Waals surface area contributed by atoms with E-state index >= 15 is 0 Å². The minimum atomic E-state index is -0.900. The summed E-state index contributed by atoms with van der Waals surface area (Å²) in [6.45, 7) is 10.1. The van der Waals surface area contributed by atoms with Crippen molar-refractivity contribution < 1.29 is 28.7 Å². The van der Waals surface area contributed by atoms with E-state index in [4.69, 9.17) is 9.47 Å². The summed E-state index contributed by atoms with van der Waals surface area (Å²) in [6.07, 6.45) is 0.478.